The predicted molar refractivity (Wildman–Crippen MR) is 148 cm³/mol. The van der Waals surface area contributed by atoms with E-state index in [-0.39, 0.29) is 39.8 Å². The van der Waals surface area contributed by atoms with Gasteiger partial charge in [0.05, 0.1) is 51.0 Å². The molecule has 0 bridgehead atoms. The van der Waals surface area contributed by atoms with E-state index in [0.717, 1.165) is 6.20 Å². The molecule has 2 saturated heterocycles. The smallest absolute Gasteiger partial charge is 0.226 e. The van der Waals surface area contributed by atoms with Crippen LogP contribution in [-0.4, -0.2) is 91.2 Å². The molecule has 222 valence electrons. The first kappa shape index (κ1) is 31.2. The van der Waals surface area contributed by atoms with Crippen LogP contribution < -0.4 is 15.1 Å². The van der Waals surface area contributed by atoms with Crippen molar-refractivity contribution in [1.82, 2.24) is 24.9 Å². The normalized spacial score (nSPS) is 16.2. The Balaban J connectivity index is 0.000000218. The second-order valence-electron chi connectivity index (χ2n) is 8.65. The summed E-state index contributed by atoms with van der Waals surface area (Å²) in [4.78, 5) is 22.8. The molecular weight excluding hydrogens is 612 g/mol. The molecule has 2 aliphatic heterocycles. The number of nitrogens with zero attached hydrogens (tertiary/aromatic N) is 7. The molecule has 1 unspecified atom stereocenters. The molecule has 17 heteroatoms. The highest BCUT2D eigenvalue weighted by atomic mass is 35.5. The Morgan fingerprint density at radius 3 is 1.95 bits per heavy atom. The fourth-order valence-electron chi connectivity index (χ4n) is 3.98. The highest BCUT2D eigenvalue weighted by molar-refractivity contribution is 6.32. The highest BCUT2D eigenvalue weighted by Gasteiger charge is 2.24. The second-order valence-corrected chi connectivity index (χ2v) is 9.69. The third-order valence-electron chi connectivity index (χ3n) is 5.95. The lowest BCUT2D eigenvalue weighted by molar-refractivity contribution is 0.122. The van der Waals surface area contributed by atoms with Gasteiger partial charge in [0, 0.05) is 33.3 Å². The molecule has 0 spiro atoms. The summed E-state index contributed by atoms with van der Waals surface area (Å²) in [5.74, 6) is -1.54. The molecule has 1 N–H and O–H groups in total. The Hall–Kier alpha value is -2.75. The van der Waals surface area contributed by atoms with E-state index in [4.69, 9.17) is 49.0 Å². The molecule has 2 aliphatic rings. The van der Waals surface area contributed by atoms with Crippen molar-refractivity contribution in [3.05, 3.63) is 57.2 Å². The lowest BCUT2D eigenvalue weighted by Crippen LogP contribution is -2.37. The predicted octanol–water partition coefficient (Wildman–Crippen LogP) is 4.20. The van der Waals surface area contributed by atoms with Crippen molar-refractivity contribution in [2.75, 3.05) is 81.4 Å². The van der Waals surface area contributed by atoms with E-state index in [1.165, 1.54) is 19.2 Å². The number of hydrogen-bond acceptors (Lipinski definition) is 11. The molecule has 11 nitrogen and oxygen atoms in total. The van der Waals surface area contributed by atoms with E-state index in [9.17, 15) is 13.2 Å². The van der Waals surface area contributed by atoms with E-state index in [2.05, 4.69) is 30.2 Å². The van der Waals surface area contributed by atoms with Gasteiger partial charge in [0.2, 0.25) is 22.2 Å². The Morgan fingerprint density at radius 1 is 0.854 bits per heavy atom. The Bertz CT molecular complexity index is 1300. The third kappa shape index (κ3) is 8.40. The number of anilines is 3. The molecule has 0 radical (unpaired) electrons. The minimum Gasteiger partial charge on any atom is -0.382 e. The van der Waals surface area contributed by atoms with Gasteiger partial charge in [-0.3, -0.25) is 4.98 Å². The van der Waals surface area contributed by atoms with Gasteiger partial charge >= 0.3 is 0 Å². The number of methoxy groups -OCH3 is 1. The first-order chi connectivity index (χ1) is 19.8. The number of rotatable bonds is 7. The number of ether oxygens (including phenoxy) is 3. The number of hydrogen-bond donors (Lipinski definition) is 1. The molecule has 5 heterocycles. The quantitative estimate of drug-likeness (QED) is 0.297. The van der Waals surface area contributed by atoms with Crippen LogP contribution in [0, 0.1) is 17.5 Å². The van der Waals surface area contributed by atoms with Crippen LogP contribution in [0.4, 0.5) is 30.6 Å². The van der Waals surface area contributed by atoms with Crippen LogP contribution in [-0.2, 0) is 14.2 Å². The topological polar surface area (TPSA) is 111 Å². The van der Waals surface area contributed by atoms with Gasteiger partial charge in [0.15, 0.2) is 22.6 Å². The largest absolute Gasteiger partial charge is 0.382 e. The van der Waals surface area contributed by atoms with Crippen LogP contribution in [0.1, 0.15) is 11.7 Å². The average Bonchev–Trinajstić information content (AvgIpc) is 2.98. The summed E-state index contributed by atoms with van der Waals surface area (Å²) in [6.45, 7) is 4.37. The first-order valence-corrected chi connectivity index (χ1v) is 13.5. The minimum absolute atomic E-state index is 0.0529. The van der Waals surface area contributed by atoms with Crippen molar-refractivity contribution in [1.29, 1.82) is 0 Å². The van der Waals surface area contributed by atoms with Crippen LogP contribution >= 0.6 is 34.8 Å². The van der Waals surface area contributed by atoms with Gasteiger partial charge in [0.1, 0.15) is 5.82 Å². The van der Waals surface area contributed by atoms with E-state index < -0.39 is 23.5 Å². The Kier molecular flexibility index (Phi) is 11.4. The molecule has 1 atom stereocenters. The standard InChI is InChI=1S/C16H18ClF2N5O2.C8H8Cl2FN3O/c1-25-9-12(11-3-2-10(18)8-20-11)21-14-13(19)15(23-16(17)22-14)24-4-6-26-7-5-24;9-6-5(11)7(13-8(10)12-6)14-1-3-15-4-2-14/h2-3,8,12H,4-7,9H2,1H3,(H,21,22,23);1-4H2. The number of aromatic nitrogens is 5. The van der Waals surface area contributed by atoms with Gasteiger partial charge < -0.3 is 29.3 Å². The summed E-state index contributed by atoms with van der Waals surface area (Å²) in [6, 6.07) is 2.23. The van der Waals surface area contributed by atoms with Gasteiger partial charge in [-0.25, -0.2) is 9.37 Å². The molecule has 0 aliphatic carbocycles. The summed E-state index contributed by atoms with van der Waals surface area (Å²) in [5, 5.41) is 2.54. The maximum Gasteiger partial charge on any atom is 0.226 e. The molecule has 3 aromatic rings. The van der Waals surface area contributed by atoms with Crippen molar-refractivity contribution in [3.8, 4) is 0 Å². The molecule has 0 aromatic carbocycles. The molecule has 0 amide bonds. The number of nitrogens with one attached hydrogen (secondary N) is 1. The van der Waals surface area contributed by atoms with E-state index in [1.54, 1.807) is 9.80 Å². The van der Waals surface area contributed by atoms with Crippen molar-refractivity contribution >= 4 is 52.3 Å². The molecular formula is C24H26Cl3F3N8O3. The summed E-state index contributed by atoms with van der Waals surface area (Å²) < 4.78 is 57.2. The van der Waals surface area contributed by atoms with E-state index in [1.807, 2.05) is 0 Å². The molecule has 41 heavy (non-hydrogen) atoms. The van der Waals surface area contributed by atoms with Gasteiger partial charge in [-0.1, -0.05) is 11.6 Å². The monoisotopic (exact) mass is 636 g/mol. The summed E-state index contributed by atoms with van der Waals surface area (Å²) >= 11 is 17.2. The highest BCUT2D eigenvalue weighted by Crippen LogP contribution is 2.28. The fraction of sp³-hybridized carbons (Fsp3) is 0.458. The van der Waals surface area contributed by atoms with Crippen LogP contribution in [0.2, 0.25) is 15.7 Å². The molecule has 5 rings (SSSR count). The van der Waals surface area contributed by atoms with Crippen molar-refractivity contribution in [2.45, 2.75) is 6.04 Å². The number of morpholine rings is 2. The van der Waals surface area contributed by atoms with Crippen LogP contribution in [0.15, 0.2) is 18.3 Å². The summed E-state index contributed by atoms with van der Waals surface area (Å²) in [6.07, 6.45) is 1.09. The van der Waals surface area contributed by atoms with Crippen LogP contribution in [0.5, 0.6) is 0 Å². The lowest BCUT2D eigenvalue weighted by atomic mass is 10.2. The van der Waals surface area contributed by atoms with Crippen LogP contribution in [0.3, 0.4) is 0 Å². The van der Waals surface area contributed by atoms with Crippen molar-refractivity contribution in [3.63, 3.8) is 0 Å². The third-order valence-corrected chi connectivity index (χ3v) is 6.53. The summed E-state index contributed by atoms with van der Waals surface area (Å²) in [5.41, 5.74) is 0.482. The van der Waals surface area contributed by atoms with Gasteiger partial charge in [0.25, 0.3) is 0 Å². The SMILES string of the molecule is COCC(Nc1nc(Cl)nc(N2CCOCC2)c1F)c1ccc(F)cn1.Fc1c(Cl)nc(Cl)nc1N1CCOCC1. The lowest BCUT2D eigenvalue weighted by Gasteiger charge is -2.28. The number of halogens is 6. The van der Waals surface area contributed by atoms with Gasteiger partial charge in [-0.15, -0.1) is 0 Å². The number of pyridine rings is 1. The first-order valence-electron chi connectivity index (χ1n) is 12.4. The van der Waals surface area contributed by atoms with E-state index >= 15 is 0 Å². The van der Waals surface area contributed by atoms with Gasteiger partial charge in [-0.05, 0) is 35.3 Å². The van der Waals surface area contributed by atoms with Crippen LogP contribution in [0.25, 0.3) is 0 Å². The molecule has 3 aromatic heterocycles. The molecule has 2 fully saturated rings. The van der Waals surface area contributed by atoms with Crippen molar-refractivity contribution < 1.29 is 27.4 Å². The molecule has 0 saturated carbocycles. The Morgan fingerprint density at radius 2 is 1.41 bits per heavy atom. The van der Waals surface area contributed by atoms with E-state index in [0.29, 0.717) is 58.3 Å². The zero-order chi connectivity index (χ0) is 29.4. The minimum atomic E-state index is -0.636. The zero-order valence-corrected chi connectivity index (χ0v) is 24.1. The van der Waals surface area contributed by atoms with Crippen molar-refractivity contribution in [2.24, 2.45) is 0 Å². The fourth-order valence-corrected chi connectivity index (χ4v) is 4.52. The maximum absolute atomic E-state index is 15.0. The Labute approximate surface area is 248 Å². The second kappa shape index (κ2) is 14.9. The van der Waals surface area contributed by atoms with Gasteiger partial charge in [-0.2, -0.15) is 23.7 Å². The summed E-state index contributed by atoms with van der Waals surface area (Å²) in [7, 11) is 1.50. The zero-order valence-electron chi connectivity index (χ0n) is 21.8. The maximum atomic E-state index is 15.0. The average molecular weight is 638 g/mol.